The number of aliphatic hydroxyl groups is 1. The first kappa shape index (κ1) is 16.1. The Morgan fingerprint density at radius 3 is 2.57 bits per heavy atom. The van der Waals surface area contributed by atoms with Crippen LogP contribution in [0, 0.1) is 6.92 Å². The summed E-state index contributed by atoms with van der Waals surface area (Å²) in [4.78, 5) is 14.7. The Labute approximate surface area is 125 Å². The molecule has 2 rings (SSSR count). The molecular weight excluding hydrogens is 290 g/mol. The van der Waals surface area contributed by atoms with Crippen LogP contribution in [-0.4, -0.2) is 35.6 Å². The highest BCUT2D eigenvalue weighted by Crippen LogP contribution is 2.34. The summed E-state index contributed by atoms with van der Waals surface area (Å²) in [6.45, 7) is 1.85. The molecule has 1 N–H and O–H groups in total. The van der Waals surface area contributed by atoms with Crippen molar-refractivity contribution in [2.75, 3.05) is 0 Å². The van der Waals surface area contributed by atoms with Crippen LogP contribution in [0.2, 0.25) is 0 Å². The number of nitrogens with zero attached hydrogens (tertiary/aromatic N) is 1. The van der Waals surface area contributed by atoms with Crippen molar-refractivity contribution >= 4 is 16.1 Å². The minimum Gasteiger partial charge on any atom is -0.389 e. The molecule has 0 bridgehead atoms. The fourth-order valence-electron chi connectivity index (χ4n) is 2.78. The van der Waals surface area contributed by atoms with Crippen molar-refractivity contribution in [3.63, 3.8) is 0 Å². The zero-order valence-electron chi connectivity index (χ0n) is 12.2. The van der Waals surface area contributed by atoms with Crippen LogP contribution in [0.3, 0.4) is 0 Å². The molecule has 0 unspecified atom stereocenters. The Kier molecular flexibility index (Phi) is 4.78. The van der Waals surface area contributed by atoms with Crippen LogP contribution in [0.4, 0.5) is 0 Å². The molecule has 0 saturated heterocycles. The Hall–Kier alpha value is -1.27. The quantitative estimate of drug-likeness (QED) is 0.834. The summed E-state index contributed by atoms with van der Waals surface area (Å²) in [5.41, 5.74) is 0.529. The molecule has 0 radical (unpaired) electrons. The molecular formula is C15H21NO4S. The van der Waals surface area contributed by atoms with Crippen molar-refractivity contribution in [1.82, 2.24) is 4.98 Å². The van der Waals surface area contributed by atoms with E-state index < -0.39 is 20.7 Å². The molecule has 0 aliphatic heterocycles. The lowest BCUT2D eigenvalue weighted by Gasteiger charge is -2.34. The molecule has 1 heterocycles. The van der Waals surface area contributed by atoms with Gasteiger partial charge in [-0.2, -0.15) is 0 Å². The number of aromatic nitrogens is 1. The van der Waals surface area contributed by atoms with E-state index in [1.807, 2.05) is 6.92 Å². The van der Waals surface area contributed by atoms with E-state index in [9.17, 15) is 18.3 Å². The molecule has 0 amide bonds. The van der Waals surface area contributed by atoms with E-state index in [1.54, 1.807) is 18.3 Å². The zero-order chi connectivity index (χ0) is 15.5. The second kappa shape index (κ2) is 6.23. The van der Waals surface area contributed by atoms with E-state index in [2.05, 4.69) is 4.98 Å². The van der Waals surface area contributed by atoms with E-state index in [4.69, 9.17) is 0 Å². The van der Waals surface area contributed by atoms with Gasteiger partial charge in [0.15, 0.2) is 9.84 Å². The van der Waals surface area contributed by atoms with Gasteiger partial charge in [0.1, 0.15) is 6.29 Å². The van der Waals surface area contributed by atoms with Crippen LogP contribution in [-0.2, 0) is 20.4 Å². The van der Waals surface area contributed by atoms with Gasteiger partial charge in [0.2, 0.25) is 0 Å². The molecule has 0 aromatic carbocycles. The first-order chi connectivity index (χ1) is 9.85. The third-order valence-corrected chi connectivity index (χ3v) is 6.40. The van der Waals surface area contributed by atoms with Gasteiger partial charge < -0.3 is 9.90 Å². The molecule has 1 saturated carbocycles. The van der Waals surface area contributed by atoms with Crippen molar-refractivity contribution in [3.05, 3.63) is 29.6 Å². The summed E-state index contributed by atoms with van der Waals surface area (Å²) in [7, 11) is -3.25. The highest BCUT2D eigenvalue weighted by molar-refractivity contribution is 7.91. The van der Waals surface area contributed by atoms with E-state index in [-0.39, 0.29) is 12.2 Å². The number of aldehydes is 1. The zero-order valence-corrected chi connectivity index (χ0v) is 13.0. The van der Waals surface area contributed by atoms with E-state index in [0.717, 1.165) is 5.69 Å². The number of pyridine rings is 1. The summed E-state index contributed by atoms with van der Waals surface area (Å²) >= 11 is 0. The number of carbonyl (C=O) groups excluding carboxylic acids is 1. The van der Waals surface area contributed by atoms with Gasteiger partial charge in [0, 0.05) is 18.3 Å². The second-order valence-electron chi connectivity index (χ2n) is 5.91. The largest absolute Gasteiger partial charge is 0.389 e. The molecule has 21 heavy (non-hydrogen) atoms. The fraction of sp³-hybridized carbons (Fsp3) is 0.600. The number of sulfone groups is 1. The summed E-state index contributed by atoms with van der Waals surface area (Å²) in [6, 6.07) is 3.58. The van der Waals surface area contributed by atoms with Crippen LogP contribution >= 0.6 is 0 Å². The molecule has 0 spiro atoms. The van der Waals surface area contributed by atoms with Gasteiger partial charge in [0.25, 0.3) is 0 Å². The van der Waals surface area contributed by atoms with Crippen molar-refractivity contribution in [2.24, 2.45) is 0 Å². The van der Waals surface area contributed by atoms with Gasteiger partial charge in [0.05, 0.1) is 16.6 Å². The number of aryl methyl sites for hydroxylation is 1. The molecule has 0 atom stereocenters. The van der Waals surface area contributed by atoms with Gasteiger partial charge in [-0.1, -0.05) is 6.07 Å². The molecule has 1 aliphatic rings. The lowest BCUT2D eigenvalue weighted by atomic mass is 9.83. The lowest BCUT2D eigenvalue weighted by molar-refractivity contribution is -0.113. The van der Waals surface area contributed by atoms with Crippen LogP contribution in [0.1, 0.15) is 43.4 Å². The third kappa shape index (κ3) is 4.11. The van der Waals surface area contributed by atoms with Crippen LogP contribution in [0.5, 0.6) is 0 Å². The predicted octanol–water partition coefficient (Wildman–Crippen LogP) is 1.57. The topological polar surface area (TPSA) is 84.3 Å². The van der Waals surface area contributed by atoms with Crippen molar-refractivity contribution in [3.8, 4) is 0 Å². The van der Waals surface area contributed by atoms with Crippen molar-refractivity contribution in [2.45, 2.75) is 55.6 Å². The highest BCUT2D eigenvalue weighted by Gasteiger charge is 2.37. The lowest BCUT2D eigenvalue weighted by Crippen LogP contribution is -2.39. The third-order valence-electron chi connectivity index (χ3n) is 4.17. The molecule has 1 aromatic rings. The highest BCUT2D eigenvalue weighted by atomic mass is 32.2. The van der Waals surface area contributed by atoms with Crippen molar-refractivity contribution < 1.29 is 18.3 Å². The van der Waals surface area contributed by atoms with Crippen LogP contribution in [0.25, 0.3) is 0 Å². The van der Waals surface area contributed by atoms with Gasteiger partial charge >= 0.3 is 0 Å². The second-order valence-corrected chi connectivity index (χ2v) is 8.19. The maximum absolute atomic E-state index is 12.4. The average Bonchev–Trinajstić information content (AvgIpc) is 2.42. The maximum Gasteiger partial charge on any atom is 0.157 e. The standard InChI is InChI=1S/C15H21NO4S/c1-12-2-3-13(10-16-12)11-21(19,20)14-4-6-15(18,7-5-14)8-9-17/h2-3,9-10,14,18H,4-8,11H2,1H3/t14-,15-. The minimum atomic E-state index is -3.25. The van der Waals surface area contributed by atoms with E-state index in [1.165, 1.54) is 0 Å². The minimum absolute atomic E-state index is 0.0168. The average molecular weight is 311 g/mol. The Balaban J connectivity index is 2.01. The molecule has 116 valence electrons. The molecule has 1 fully saturated rings. The van der Waals surface area contributed by atoms with Gasteiger partial charge in [-0.25, -0.2) is 8.42 Å². The first-order valence-electron chi connectivity index (χ1n) is 7.14. The van der Waals surface area contributed by atoms with Gasteiger partial charge in [-0.05, 0) is 44.2 Å². The van der Waals surface area contributed by atoms with E-state index >= 15 is 0 Å². The molecule has 6 heteroatoms. The Morgan fingerprint density at radius 2 is 2.05 bits per heavy atom. The molecule has 1 aromatic heterocycles. The summed E-state index contributed by atoms with van der Waals surface area (Å²) in [5, 5.41) is 9.70. The molecule has 5 nitrogen and oxygen atoms in total. The smallest absolute Gasteiger partial charge is 0.157 e. The number of rotatable bonds is 5. The maximum atomic E-state index is 12.4. The van der Waals surface area contributed by atoms with Gasteiger partial charge in [-0.15, -0.1) is 0 Å². The van der Waals surface area contributed by atoms with Crippen LogP contribution in [0.15, 0.2) is 18.3 Å². The summed E-state index contributed by atoms with van der Waals surface area (Å²) in [5.74, 6) is -0.0168. The van der Waals surface area contributed by atoms with Crippen LogP contribution < -0.4 is 0 Å². The predicted molar refractivity (Wildman–Crippen MR) is 79.5 cm³/mol. The van der Waals surface area contributed by atoms with Gasteiger partial charge in [-0.3, -0.25) is 4.98 Å². The SMILES string of the molecule is Cc1ccc(CS(=O)(=O)[C@H]2CC[C@@](O)(CC=O)CC2)cn1. The Morgan fingerprint density at radius 1 is 1.38 bits per heavy atom. The fourth-order valence-corrected chi connectivity index (χ4v) is 4.61. The normalized spacial score (nSPS) is 26.5. The summed E-state index contributed by atoms with van der Waals surface area (Å²) < 4.78 is 24.9. The summed E-state index contributed by atoms with van der Waals surface area (Å²) in [6.07, 6.45) is 3.92. The first-order valence-corrected chi connectivity index (χ1v) is 8.85. The van der Waals surface area contributed by atoms with E-state index in [0.29, 0.717) is 37.5 Å². The number of hydrogen-bond donors (Lipinski definition) is 1. The Bertz CT molecular complexity index is 587. The van der Waals surface area contributed by atoms with Crippen molar-refractivity contribution in [1.29, 1.82) is 0 Å². The molecule has 1 aliphatic carbocycles. The number of carbonyl (C=O) groups is 1. The monoisotopic (exact) mass is 311 g/mol. The number of hydrogen-bond acceptors (Lipinski definition) is 5.